The highest BCUT2D eigenvalue weighted by Crippen LogP contribution is 2.37. The summed E-state index contributed by atoms with van der Waals surface area (Å²) in [6.45, 7) is 8.68. The minimum Gasteiger partial charge on any atom is -0.464 e. The van der Waals surface area contributed by atoms with E-state index in [-0.39, 0.29) is 17.5 Å². The molecule has 0 bridgehead atoms. The van der Waals surface area contributed by atoms with Gasteiger partial charge in [0, 0.05) is 0 Å². The monoisotopic (exact) mass is 276 g/mol. The standard InChI is InChI=1S/C17H24O3/c1-13-10-17(11-19-13,14-8-6-5-7-9-14)12-20-15(18)16(2,3)4/h5-9,13H,10-12H2,1-4H3. The first kappa shape index (κ1) is 15.0. The molecule has 2 atom stereocenters. The maximum absolute atomic E-state index is 12.0. The summed E-state index contributed by atoms with van der Waals surface area (Å²) in [6.07, 6.45) is 1.08. The van der Waals surface area contributed by atoms with Gasteiger partial charge in [-0.1, -0.05) is 30.3 Å². The minimum absolute atomic E-state index is 0.160. The number of benzene rings is 1. The average Bonchev–Trinajstić information content (AvgIpc) is 2.79. The van der Waals surface area contributed by atoms with Gasteiger partial charge in [-0.25, -0.2) is 0 Å². The Morgan fingerprint density at radius 3 is 2.50 bits per heavy atom. The third kappa shape index (κ3) is 3.21. The Hall–Kier alpha value is -1.35. The second kappa shape index (κ2) is 5.57. The highest BCUT2D eigenvalue weighted by atomic mass is 16.5. The molecule has 20 heavy (non-hydrogen) atoms. The fourth-order valence-electron chi connectivity index (χ4n) is 2.57. The van der Waals surface area contributed by atoms with Crippen LogP contribution in [0.3, 0.4) is 0 Å². The van der Waals surface area contributed by atoms with Crippen LogP contribution in [-0.2, 0) is 19.7 Å². The highest BCUT2D eigenvalue weighted by Gasteiger charge is 2.42. The largest absolute Gasteiger partial charge is 0.464 e. The highest BCUT2D eigenvalue weighted by molar-refractivity contribution is 5.75. The number of hydrogen-bond donors (Lipinski definition) is 0. The molecule has 1 aliphatic rings. The van der Waals surface area contributed by atoms with Gasteiger partial charge >= 0.3 is 5.97 Å². The van der Waals surface area contributed by atoms with Gasteiger partial charge in [-0.3, -0.25) is 4.79 Å². The molecule has 0 spiro atoms. The number of rotatable bonds is 3. The molecule has 1 aliphatic heterocycles. The lowest BCUT2D eigenvalue weighted by Gasteiger charge is -2.29. The van der Waals surface area contributed by atoms with Gasteiger partial charge in [-0.15, -0.1) is 0 Å². The van der Waals surface area contributed by atoms with Crippen molar-refractivity contribution in [3.63, 3.8) is 0 Å². The third-order valence-electron chi connectivity index (χ3n) is 3.80. The summed E-state index contributed by atoms with van der Waals surface area (Å²) < 4.78 is 11.3. The fraction of sp³-hybridized carbons (Fsp3) is 0.588. The minimum atomic E-state index is -0.469. The van der Waals surface area contributed by atoms with Crippen molar-refractivity contribution in [1.82, 2.24) is 0 Å². The van der Waals surface area contributed by atoms with Gasteiger partial charge in [-0.05, 0) is 39.7 Å². The number of carbonyl (C=O) groups is 1. The average molecular weight is 276 g/mol. The topological polar surface area (TPSA) is 35.5 Å². The van der Waals surface area contributed by atoms with E-state index in [2.05, 4.69) is 19.1 Å². The summed E-state index contributed by atoms with van der Waals surface area (Å²) in [4.78, 5) is 12.0. The van der Waals surface area contributed by atoms with Crippen molar-refractivity contribution < 1.29 is 14.3 Å². The van der Waals surface area contributed by atoms with E-state index in [1.807, 2.05) is 39.0 Å². The van der Waals surface area contributed by atoms with E-state index >= 15 is 0 Å². The Morgan fingerprint density at radius 1 is 1.35 bits per heavy atom. The van der Waals surface area contributed by atoms with Crippen LogP contribution in [-0.4, -0.2) is 25.3 Å². The van der Waals surface area contributed by atoms with Crippen LogP contribution in [0, 0.1) is 5.41 Å². The van der Waals surface area contributed by atoms with Crippen molar-refractivity contribution >= 4 is 5.97 Å². The summed E-state index contributed by atoms with van der Waals surface area (Å²) in [5.41, 5.74) is 0.510. The van der Waals surface area contributed by atoms with Crippen molar-refractivity contribution in [2.45, 2.75) is 45.6 Å². The van der Waals surface area contributed by atoms with Crippen molar-refractivity contribution in [3.05, 3.63) is 35.9 Å². The maximum Gasteiger partial charge on any atom is 0.311 e. The molecule has 2 rings (SSSR count). The quantitative estimate of drug-likeness (QED) is 0.794. The summed E-state index contributed by atoms with van der Waals surface area (Å²) in [5.74, 6) is -0.160. The lowest BCUT2D eigenvalue weighted by molar-refractivity contribution is -0.155. The normalized spacial score (nSPS) is 26.5. The second-order valence-electron chi connectivity index (χ2n) is 6.80. The third-order valence-corrected chi connectivity index (χ3v) is 3.80. The molecule has 0 amide bonds. The van der Waals surface area contributed by atoms with E-state index in [0.717, 1.165) is 6.42 Å². The number of ether oxygens (including phenoxy) is 2. The molecule has 0 radical (unpaired) electrons. The molecule has 0 saturated carbocycles. The van der Waals surface area contributed by atoms with Crippen molar-refractivity contribution in [2.75, 3.05) is 13.2 Å². The van der Waals surface area contributed by atoms with Gasteiger partial charge in [0.05, 0.1) is 23.5 Å². The van der Waals surface area contributed by atoms with Crippen LogP contribution in [0.25, 0.3) is 0 Å². The maximum atomic E-state index is 12.0. The lowest BCUT2D eigenvalue weighted by atomic mass is 9.79. The number of carbonyl (C=O) groups excluding carboxylic acids is 1. The molecule has 2 unspecified atom stereocenters. The van der Waals surface area contributed by atoms with Crippen LogP contribution in [0.1, 0.15) is 39.7 Å². The number of hydrogen-bond acceptors (Lipinski definition) is 3. The molecule has 0 N–H and O–H groups in total. The van der Waals surface area contributed by atoms with E-state index < -0.39 is 5.41 Å². The van der Waals surface area contributed by atoms with Gasteiger partial charge in [0.25, 0.3) is 0 Å². The van der Waals surface area contributed by atoms with Crippen LogP contribution in [0.4, 0.5) is 0 Å². The van der Waals surface area contributed by atoms with Crippen LogP contribution >= 0.6 is 0 Å². The lowest BCUT2D eigenvalue weighted by Crippen LogP contribution is -2.36. The zero-order valence-electron chi connectivity index (χ0n) is 12.8. The van der Waals surface area contributed by atoms with Crippen LogP contribution < -0.4 is 0 Å². The van der Waals surface area contributed by atoms with E-state index in [0.29, 0.717) is 13.2 Å². The Balaban J connectivity index is 2.16. The predicted octanol–water partition coefficient (Wildman–Crippen LogP) is 3.32. The Kier molecular flexibility index (Phi) is 4.19. The molecule has 0 aliphatic carbocycles. The second-order valence-corrected chi connectivity index (χ2v) is 6.80. The summed E-state index contributed by atoms with van der Waals surface area (Å²) in [6, 6.07) is 10.2. The fourth-order valence-corrected chi connectivity index (χ4v) is 2.57. The zero-order chi connectivity index (χ0) is 14.8. The Bertz CT molecular complexity index is 461. The van der Waals surface area contributed by atoms with Crippen LogP contribution in [0.2, 0.25) is 0 Å². The molecule has 1 aromatic rings. The predicted molar refractivity (Wildman–Crippen MR) is 78.6 cm³/mol. The van der Waals surface area contributed by atoms with Gasteiger partial charge < -0.3 is 9.47 Å². The smallest absolute Gasteiger partial charge is 0.311 e. The van der Waals surface area contributed by atoms with Crippen molar-refractivity contribution in [3.8, 4) is 0 Å². The van der Waals surface area contributed by atoms with E-state index in [9.17, 15) is 4.79 Å². The van der Waals surface area contributed by atoms with Crippen molar-refractivity contribution in [1.29, 1.82) is 0 Å². The first-order valence-electron chi connectivity index (χ1n) is 7.18. The first-order chi connectivity index (χ1) is 9.33. The SMILES string of the molecule is CC1CC(COC(=O)C(C)(C)C)(c2ccccc2)CO1. The van der Waals surface area contributed by atoms with Crippen LogP contribution in [0.5, 0.6) is 0 Å². The molecule has 0 aromatic heterocycles. The summed E-state index contributed by atoms with van der Waals surface area (Å²) >= 11 is 0. The molecule has 1 saturated heterocycles. The van der Waals surface area contributed by atoms with Gasteiger partial charge in [0.1, 0.15) is 6.61 Å². The summed E-state index contributed by atoms with van der Waals surface area (Å²) in [7, 11) is 0. The van der Waals surface area contributed by atoms with Gasteiger partial charge in [-0.2, -0.15) is 0 Å². The molecule has 1 fully saturated rings. The molecule has 1 aromatic carbocycles. The molecular formula is C17H24O3. The molecule has 110 valence electrons. The van der Waals surface area contributed by atoms with Gasteiger partial charge in [0.2, 0.25) is 0 Å². The molecular weight excluding hydrogens is 252 g/mol. The van der Waals surface area contributed by atoms with Gasteiger partial charge in [0.15, 0.2) is 0 Å². The van der Waals surface area contributed by atoms with E-state index in [1.165, 1.54) is 5.56 Å². The first-order valence-corrected chi connectivity index (χ1v) is 7.18. The zero-order valence-corrected chi connectivity index (χ0v) is 12.8. The number of esters is 1. The Labute approximate surface area is 121 Å². The summed E-state index contributed by atoms with van der Waals surface area (Å²) in [5, 5.41) is 0. The van der Waals surface area contributed by atoms with Crippen LogP contribution in [0.15, 0.2) is 30.3 Å². The molecule has 3 nitrogen and oxygen atoms in total. The molecule has 3 heteroatoms. The van der Waals surface area contributed by atoms with Crippen molar-refractivity contribution in [2.24, 2.45) is 5.41 Å². The van der Waals surface area contributed by atoms with E-state index in [4.69, 9.17) is 9.47 Å². The molecule has 1 heterocycles. The van der Waals surface area contributed by atoms with E-state index in [1.54, 1.807) is 0 Å². The Morgan fingerprint density at radius 2 is 2.00 bits per heavy atom.